The minimum atomic E-state index is -1.13. The number of nitrogens with one attached hydrogen (secondary N) is 1. The molecule has 0 aromatic carbocycles. The molecule has 0 radical (unpaired) electrons. The topological polar surface area (TPSA) is 199 Å². The van der Waals surface area contributed by atoms with Crippen molar-refractivity contribution in [1.82, 2.24) is 10.2 Å². The first kappa shape index (κ1) is 21.4. The number of primary amides is 2. The van der Waals surface area contributed by atoms with Crippen LogP contribution in [0.5, 0.6) is 0 Å². The first-order valence-electron chi connectivity index (χ1n) is 8.29. The summed E-state index contributed by atoms with van der Waals surface area (Å²) in [6.45, 7) is 0.243. The number of likely N-dealkylation sites (tertiary alicyclic amines) is 1. The number of rotatable bonds is 10. The molecule has 0 aliphatic carbocycles. The van der Waals surface area contributed by atoms with E-state index in [0.29, 0.717) is 12.8 Å². The number of hydrogen-bond acceptors (Lipinski definition) is 6. The molecule has 11 heteroatoms. The number of amides is 4. The van der Waals surface area contributed by atoms with Crippen LogP contribution in [0.4, 0.5) is 0 Å². The van der Waals surface area contributed by atoms with Crippen LogP contribution in [0, 0.1) is 0 Å². The quantitative estimate of drug-likeness (QED) is 0.277. The molecule has 3 atom stereocenters. The van der Waals surface area contributed by atoms with Crippen molar-refractivity contribution in [3.63, 3.8) is 0 Å². The highest BCUT2D eigenvalue weighted by Crippen LogP contribution is 2.19. The molecule has 1 aliphatic heterocycles. The molecule has 1 aliphatic rings. The number of carboxylic acid groups (broad SMARTS) is 1. The zero-order valence-corrected chi connectivity index (χ0v) is 14.3. The molecule has 8 N–H and O–H groups in total. The maximum absolute atomic E-state index is 12.7. The molecule has 0 saturated carbocycles. The van der Waals surface area contributed by atoms with Gasteiger partial charge in [0, 0.05) is 19.4 Å². The van der Waals surface area contributed by atoms with Gasteiger partial charge in [0.2, 0.25) is 23.6 Å². The van der Waals surface area contributed by atoms with Crippen LogP contribution in [-0.2, 0) is 24.0 Å². The van der Waals surface area contributed by atoms with Crippen molar-refractivity contribution in [1.29, 1.82) is 0 Å². The van der Waals surface area contributed by atoms with E-state index in [2.05, 4.69) is 5.32 Å². The number of hydrogen-bond donors (Lipinski definition) is 5. The van der Waals surface area contributed by atoms with Gasteiger partial charge >= 0.3 is 5.97 Å². The molecule has 146 valence electrons. The van der Waals surface area contributed by atoms with Crippen LogP contribution in [0.15, 0.2) is 0 Å². The Morgan fingerprint density at radius 2 is 1.65 bits per heavy atom. The van der Waals surface area contributed by atoms with Crippen LogP contribution < -0.4 is 22.5 Å². The third-order valence-corrected chi connectivity index (χ3v) is 4.15. The van der Waals surface area contributed by atoms with Crippen LogP contribution >= 0.6 is 0 Å². The smallest absolute Gasteiger partial charge is 0.326 e. The lowest BCUT2D eigenvalue weighted by Gasteiger charge is -2.28. The Hall–Kier alpha value is -2.69. The molecule has 0 spiro atoms. The van der Waals surface area contributed by atoms with Gasteiger partial charge in [-0.25, -0.2) is 4.79 Å². The van der Waals surface area contributed by atoms with E-state index in [-0.39, 0.29) is 32.2 Å². The molecule has 1 fully saturated rings. The second-order valence-corrected chi connectivity index (χ2v) is 6.21. The van der Waals surface area contributed by atoms with Gasteiger partial charge in [-0.05, 0) is 25.7 Å². The summed E-state index contributed by atoms with van der Waals surface area (Å²) in [6.07, 6.45) is 0.498. The van der Waals surface area contributed by atoms with Gasteiger partial charge < -0.3 is 32.5 Å². The Morgan fingerprint density at radius 1 is 1.08 bits per heavy atom. The predicted molar refractivity (Wildman–Crippen MR) is 89.1 cm³/mol. The summed E-state index contributed by atoms with van der Waals surface area (Å²) in [4.78, 5) is 59.1. The molecule has 0 aromatic heterocycles. The van der Waals surface area contributed by atoms with Crippen LogP contribution in [0.2, 0.25) is 0 Å². The average molecular weight is 371 g/mol. The maximum atomic E-state index is 12.7. The van der Waals surface area contributed by atoms with E-state index >= 15 is 0 Å². The Balaban J connectivity index is 2.81. The van der Waals surface area contributed by atoms with Gasteiger partial charge in [0.25, 0.3) is 0 Å². The molecule has 1 saturated heterocycles. The number of nitrogens with zero attached hydrogens (tertiary/aromatic N) is 1. The number of nitrogens with two attached hydrogens (primary N) is 3. The van der Waals surface area contributed by atoms with Crippen LogP contribution in [0.1, 0.15) is 38.5 Å². The molecule has 1 rings (SSSR count). The predicted octanol–water partition coefficient (Wildman–Crippen LogP) is -2.59. The lowest BCUT2D eigenvalue weighted by atomic mass is 10.1. The largest absolute Gasteiger partial charge is 0.480 e. The normalized spacial score (nSPS) is 18.8. The molecule has 4 amide bonds. The van der Waals surface area contributed by atoms with E-state index in [1.54, 1.807) is 0 Å². The molecular weight excluding hydrogens is 346 g/mol. The van der Waals surface area contributed by atoms with E-state index in [4.69, 9.17) is 17.2 Å². The Labute approximate surface area is 150 Å². The van der Waals surface area contributed by atoms with E-state index < -0.39 is 47.7 Å². The van der Waals surface area contributed by atoms with Gasteiger partial charge in [-0.1, -0.05) is 0 Å². The highest BCUT2D eigenvalue weighted by molar-refractivity contribution is 5.92. The average Bonchev–Trinajstić information content (AvgIpc) is 3.05. The third-order valence-electron chi connectivity index (χ3n) is 4.15. The molecule has 0 unspecified atom stereocenters. The molecule has 11 nitrogen and oxygen atoms in total. The summed E-state index contributed by atoms with van der Waals surface area (Å²) >= 11 is 0. The molecule has 0 aromatic rings. The van der Waals surface area contributed by atoms with Gasteiger partial charge in [0.1, 0.15) is 12.1 Å². The minimum Gasteiger partial charge on any atom is -0.480 e. The molecule has 26 heavy (non-hydrogen) atoms. The van der Waals surface area contributed by atoms with Crippen molar-refractivity contribution in [3.8, 4) is 0 Å². The second-order valence-electron chi connectivity index (χ2n) is 6.21. The lowest BCUT2D eigenvalue weighted by Crippen LogP contribution is -2.54. The first-order valence-corrected chi connectivity index (χ1v) is 8.29. The summed E-state index contributed by atoms with van der Waals surface area (Å²) in [5.41, 5.74) is 15.8. The first-order chi connectivity index (χ1) is 12.1. The summed E-state index contributed by atoms with van der Waals surface area (Å²) < 4.78 is 0. The Kier molecular flexibility index (Phi) is 7.97. The summed E-state index contributed by atoms with van der Waals surface area (Å²) in [6, 6.07) is -3.17. The zero-order chi connectivity index (χ0) is 19.9. The van der Waals surface area contributed by atoms with Crippen molar-refractivity contribution in [2.24, 2.45) is 17.2 Å². The van der Waals surface area contributed by atoms with Crippen molar-refractivity contribution in [2.45, 2.75) is 56.7 Å². The van der Waals surface area contributed by atoms with E-state index in [1.165, 1.54) is 4.90 Å². The number of aliphatic carboxylic acids is 1. The number of carbonyl (C=O) groups excluding carboxylic acids is 4. The summed E-state index contributed by atoms with van der Waals surface area (Å²) in [5, 5.41) is 11.6. The standard InChI is InChI=1S/C15H25N5O6/c16-8(3-5-11(17)21)13(23)19-9(4-6-12(18)22)14(24)20-7-1-2-10(20)15(25)26/h8-10H,1-7,16H2,(H2,17,21)(H2,18,22)(H,19,23)(H,25,26)/t8-,9-,10-/m0/s1. The summed E-state index contributed by atoms with van der Waals surface area (Å²) in [7, 11) is 0. The third kappa shape index (κ3) is 6.31. The number of carboxylic acids is 1. The van der Waals surface area contributed by atoms with Crippen molar-refractivity contribution < 1.29 is 29.1 Å². The van der Waals surface area contributed by atoms with Gasteiger partial charge in [0.15, 0.2) is 0 Å². The van der Waals surface area contributed by atoms with E-state index in [1.807, 2.05) is 0 Å². The maximum Gasteiger partial charge on any atom is 0.326 e. The van der Waals surface area contributed by atoms with Crippen LogP contribution in [0.3, 0.4) is 0 Å². The highest BCUT2D eigenvalue weighted by atomic mass is 16.4. The van der Waals surface area contributed by atoms with Crippen LogP contribution in [-0.4, -0.2) is 64.3 Å². The molecular formula is C15H25N5O6. The fraction of sp³-hybridized carbons (Fsp3) is 0.667. The van der Waals surface area contributed by atoms with Gasteiger partial charge in [0.05, 0.1) is 6.04 Å². The zero-order valence-electron chi connectivity index (χ0n) is 14.3. The Bertz CT molecular complexity index is 581. The van der Waals surface area contributed by atoms with Gasteiger partial charge in [-0.15, -0.1) is 0 Å². The number of carbonyl (C=O) groups is 5. The molecule has 1 heterocycles. The van der Waals surface area contributed by atoms with Crippen LogP contribution in [0.25, 0.3) is 0 Å². The second kappa shape index (κ2) is 9.70. The SMILES string of the molecule is NC(=O)CC[C@H](NC(=O)[C@@H](N)CCC(N)=O)C(=O)N1CCC[C@H]1C(=O)O. The van der Waals surface area contributed by atoms with E-state index in [9.17, 15) is 29.1 Å². The van der Waals surface area contributed by atoms with Gasteiger partial charge in [-0.2, -0.15) is 0 Å². The van der Waals surface area contributed by atoms with E-state index in [0.717, 1.165) is 0 Å². The highest BCUT2D eigenvalue weighted by Gasteiger charge is 2.37. The van der Waals surface area contributed by atoms with Gasteiger partial charge in [-0.3, -0.25) is 19.2 Å². The monoisotopic (exact) mass is 371 g/mol. The fourth-order valence-corrected chi connectivity index (χ4v) is 2.74. The minimum absolute atomic E-state index is 0.000633. The molecule has 0 bridgehead atoms. The summed E-state index contributed by atoms with van der Waals surface area (Å²) in [5.74, 6) is -3.71. The van der Waals surface area contributed by atoms with Crippen molar-refractivity contribution >= 4 is 29.6 Å². The van der Waals surface area contributed by atoms with Crippen molar-refractivity contribution in [3.05, 3.63) is 0 Å². The lowest BCUT2D eigenvalue weighted by molar-refractivity contribution is -0.149. The Morgan fingerprint density at radius 3 is 2.19 bits per heavy atom. The fourth-order valence-electron chi connectivity index (χ4n) is 2.74. The van der Waals surface area contributed by atoms with Crippen molar-refractivity contribution in [2.75, 3.05) is 6.54 Å².